The number of carbonyl (C=O) groups excluding carboxylic acids is 2. The van der Waals surface area contributed by atoms with Crippen molar-refractivity contribution in [2.24, 2.45) is 0 Å². The predicted octanol–water partition coefficient (Wildman–Crippen LogP) is 14.1. The molecule has 54 heteroatoms. The Balaban J connectivity index is -0.000000593. The molecular weight excluding hydrogens is 1310 g/mol. The molecule has 0 bridgehead atoms. The van der Waals surface area contributed by atoms with Crippen LogP contribution < -0.4 is 0 Å². The van der Waals surface area contributed by atoms with Gasteiger partial charge in [0.2, 0.25) is 12.3 Å². The van der Waals surface area contributed by atoms with E-state index in [0.717, 1.165) is 0 Å². The van der Waals surface area contributed by atoms with Crippen LogP contribution in [-0.4, -0.2) is 135 Å². The van der Waals surface area contributed by atoms with Crippen LogP contribution in [0.2, 0.25) is 0 Å². The summed E-state index contributed by atoms with van der Waals surface area (Å²) >= 11 is 0. The minimum absolute atomic E-state index is 1.44. The Hall–Kier alpha value is -4.83. The highest BCUT2D eigenvalue weighted by molar-refractivity contribution is 7.87. The van der Waals surface area contributed by atoms with Crippen molar-refractivity contribution in [2.75, 3.05) is 0 Å². The van der Waals surface area contributed by atoms with Crippen molar-refractivity contribution in [2.45, 2.75) is 115 Å². The van der Waals surface area contributed by atoms with Crippen LogP contribution in [0.3, 0.4) is 0 Å². The number of halogens is 44. The van der Waals surface area contributed by atoms with Crippen LogP contribution in [0.4, 0.5) is 193 Å². The molecule has 79 heavy (non-hydrogen) atoms. The zero-order valence-electron chi connectivity index (χ0n) is 33.8. The number of hydrogen-bond donors (Lipinski definition) is 0. The van der Waals surface area contributed by atoms with Gasteiger partial charge in [0, 0.05) is 0 Å². The third kappa shape index (κ3) is 19.1. The van der Waals surface area contributed by atoms with Crippen molar-refractivity contribution in [3.05, 3.63) is 24.8 Å². The van der Waals surface area contributed by atoms with E-state index < -0.39 is 149 Å². The molecule has 0 saturated heterocycles. The lowest BCUT2D eigenvalue weighted by Gasteiger charge is -2.34. The lowest BCUT2D eigenvalue weighted by atomic mass is 10.1. The summed E-state index contributed by atoms with van der Waals surface area (Å²) in [7, 11) is -7.45. The average molecular weight is 1320 g/mol. The Labute approximate surface area is 397 Å². The SMILES string of the molecule is C=C(C(F)(F)F)C(F)(F)OC(F)(F)C(F)(F)S(=O)(=O)F.C=C(F)F.FC(C(F)C(F)(F)C(F)(F)F)C(F)(F)F.O=C(OOC(=O)C(F)(OC(F)(F)C(F)(F)C(F)(F)F)C(F)(F)F)C(F)(OC(F)(F)C(F)(F)C(F)(F)F)C(F)(F)F. The van der Waals surface area contributed by atoms with Gasteiger partial charge in [-0.3, -0.25) is 9.47 Å². The van der Waals surface area contributed by atoms with E-state index in [0.29, 0.717) is 0 Å². The zero-order chi connectivity index (χ0) is 66.0. The smallest absolute Gasteiger partial charge is 0.260 e. The second kappa shape index (κ2) is 23.9. The van der Waals surface area contributed by atoms with Crippen molar-refractivity contribution in [1.82, 2.24) is 0 Å². The molecular formula is C25H6F44O9S. The second-order valence-electron chi connectivity index (χ2n) is 12.2. The second-order valence-corrected chi connectivity index (χ2v) is 13.6. The van der Waals surface area contributed by atoms with Crippen LogP contribution in [0.25, 0.3) is 0 Å². The first kappa shape index (κ1) is 80.6. The third-order valence-corrected chi connectivity index (χ3v) is 7.17. The van der Waals surface area contributed by atoms with Gasteiger partial charge in [0.15, 0.2) is 0 Å². The summed E-state index contributed by atoms with van der Waals surface area (Å²) in [5, 5.41) is -6.84. The summed E-state index contributed by atoms with van der Waals surface area (Å²) in [4.78, 5) is 26.0. The maximum atomic E-state index is 13.8. The van der Waals surface area contributed by atoms with Crippen LogP contribution in [0.5, 0.6) is 0 Å². The number of alkyl halides is 41. The molecule has 0 saturated carbocycles. The number of rotatable bonds is 15. The van der Waals surface area contributed by atoms with Gasteiger partial charge in [-0.05, 0) is 6.58 Å². The molecule has 0 aliphatic rings. The third-order valence-electron chi connectivity index (χ3n) is 6.32. The Morgan fingerprint density at radius 1 is 0.392 bits per heavy atom. The Morgan fingerprint density at radius 2 is 0.646 bits per heavy atom. The van der Waals surface area contributed by atoms with Crippen molar-refractivity contribution >= 4 is 22.2 Å². The van der Waals surface area contributed by atoms with E-state index in [4.69, 9.17) is 0 Å². The average Bonchev–Trinajstić information content (AvgIpc) is 3.14. The Morgan fingerprint density at radius 3 is 0.823 bits per heavy atom. The Kier molecular flexibility index (Phi) is 24.4. The van der Waals surface area contributed by atoms with Gasteiger partial charge < -0.3 is 0 Å². The predicted molar refractivity (Wildman–Crippen MR) is 145 cm³/mol. The van der Waals surface area contributed by atoms with Crippen LogP contribution in [0, 0.1) is 0 Å². The molecule has 0 aromatic heterocycles. The molecule has 0 aromatic carbocycles. The van der Waals surface area contributed by atoms with E-state index in [1.54, 1.807) is 6.58 Å². The fourth-order valence-electron chi connectivity index (χ4n) is 2.52. The molecule has 0 radical (unpaired) electrons. The fourth-order valence-corrected chi connectivity index (χ4v) is 2.85. The summed E-state index contributed by atoms with van der Waals surface area (Å²) in [6.45, 7) is 3.83. The quantitative estimate of drug-likeness (QED) is 0.0520. The first-order valence-electron chi connectivity index (χ1n) is 15.7. The van der Waals surface area contributed by atoms with E-state index in [-0.39, 0.29) is 0 Å². The molecule has 4 unspecified atom stereocenters. The topological polar surface area (TPSA) is 114 Å². The molecule has 9 nitrogen and oxygen atoms in total. The van der Waals surface area contributed by atoms with Gasteiger partial charge in [-0.15, -0.1) is 0 Å². The minimum Gasteiger partial charge on any atom is -0.260 e. The standard InChI is InChI=1S/C12F22O6.C6H2F10O3S.C5H2F10.C2H2F2/c13-3(7(19,20)21,39-11(31,32)5(15,16)9(25,26)27)1(35)37-38-2(36)4(14,8(22,23)24)40-12(33,34)6(17,18)10(28,29)30;1-2(3(7,8)9)4(10,11)19-5(12,13)6(14,15)20(16,17)18;6-1(2(7)4(10,11)12)3(8,9)5(13,14)15;1-2(3)4/h;1H2;1-2H;1H2. The number of carbonyl (C=O) groups is 2. The van der Waals surface area contributed by atoms with Gasteiger partial charge in [-0.1, -0.05) is 10.5 Å². The van der Waals surface area contributed by atoms with Gasteiger partial charge in [0.05, 0.1) is 0 Å². The molecule has 0 fully saturated rings. The van der Waals surface area contributed by atoms with Gasteiger partial charge in [0.25, 0.3) is 6.08 Å². The van der Waals surface area contributed by atoms with E-state index >= 15 is 0 Å². The summed E-state index contributed by atoms with van der Waals surface area (Å²) < 4.78 is 559. The highest BCUT2D eigenvalue weighted by atomic mass is 32.3. The van der Waals surface area contributed by atoms with Gasteiger partial charge in [-0.25, -0.2) is 32.9 Å². The number of hydrogen-bond acceptors (Lipinski definition) is 9. The summed E-state index contributed by atoms with van der Waals surface area (Å²) in [5.74, 6) is -46.6. The monoisotopic (exact) mass is 1320 g/mol. The molecule has 0 rings (SSSR count). The molecule has 0 aromatic rings. The van der Waals surface area contributed by atoms with Crippen molar-refractivity contribution in [1.29, 1.82) is 0 Å². The van der Waals surface area contributed by atoms with Crippen molar-refractivity contribution in [3.8, 4) is 0 Å². The lowest BCUT2D eigenvalue weighted by Crippen LogP contribution is -2.63. The summed E-state index contributed by atoms with van der Waals surface area (Å²) in [6.07, 6.45) is -89.7. The van der Waals surface area contributed by atoms with Crippen LogP contribution in [0.1, 0.15) is 0 Å². The molecule has 4 atom stereocenters. The lowest BCUT2D eigenvalue weighted by molar-refractivity contribution is -0.482. The highest BCUT2D eigenvalue weighted by Gasteiger charge is 2.83. The molecule has 0 spiro atoms. The normalized spacial score (nSPS) is 16.9. The molecule has 474 valence electrons. The first-order valence-corrected chi connectivity index (χ1v) is 17.1. The van der Waals surface area contributed by atoms with Gasteiger partial charge in [-0.2, -0.15) is 188 Å². The highest BCUT2D eigenvalue weighted by Crippen LogP contribution is 2.54. The minimum atomic E-state index is -7.85. The Bertz CT molecular complexity index is 2100. The van der Waals surface area contributed by atoms with Crippen molar-refractivity contribution in [3.63, 3.8) is 0 Å². The summed E-state index contributed by atoms with van der Waals surface area (Å²) in [6, 6.07) is 0. The zero-order valence-corrected chi connectivity index (χ0v) is 34.6. The van der Waals surface area contributed by atoms with Crippen molar-refractivity contribution < 1.29 is 235 Å². The molecule has 0 aliphatic heterocycles. The van der Waals surface area contributed by atoms with Gasteiger partial charge in [0.1, 0.15) is 5.57 Å². The molecule has 0 aliphatic carbocycles. The van der Waals surface area contributed by atoms with Crippen LogP contribution in [0.15, 0.2) is 24.8 Å². The van der Waals surface area contributed by atoms with Crippen LogP contribution >= 0.6 is 0 Å². The maximum Gasteiger partial charge on any atom is 0.464 e. The fraction of sp³-hybridized carbons (Fsp3) is 0.760. The molecule has 0 heterocycles. The molecule has 0 amide bonds. The molecule has 0 N–H and O–H groups in total. The van der Waals surface area contributed by atoms with E-state index in [9.17, 15) is 211 Å². The maximum absolute atomic E-state index is 13.8. The summed E-state index contributed by atoms with van der Waals surface area (Å²) in [5.41, 5.74) is -3.32. The van der Waals surface area contributed by atoms with E-state index in [2.05, 4.69) is 6.58 Å². The number of ether oxygens (including phenoxy) is 3. The van der Waals surface area contributed by atoms with Crippen LogP contribution in [-0.2, 0) is 43.8 Å². The van der Waals surface area contributed by atoms with E-state index in [1.807, 2.05) is 14.5 Å². The van der Waals surface area contributed by atoms with Gasteiger partial charge >= 0.3 is 125 Å². The van der Waals surface area contributed by atoms with E-state index in [1.165, 1.54) is 9.47 Å². The largest absolute Gasteiger partial charge is 0.464 e. The first-order chi connectivity index (χ1) is 33.4.